The minimum atomic E-state index is -3.35. The third-order valence-electron chi connectivity index (χ3n) is 4.94. The number of amides is 1. The minimum absolute atomic E-state index is 0.0204. The highest BCUT2D eigenvalue weighted by molar-refractivity contribution is 8.01. The monoisotopic (exact) mass is 582 g/mol. The summed E-state index contributed by atoms with van der Waals surface area (Å²) in [6, 6.07) is 10.2. The maximum atomic E-state index is 14.5. The number of anilines is 1. The average Bonchev–Trinajstić information content (AvgIpc) is 2.76. The van der Waals surface area contributed by atoms with Gasteiger partial charge in [-0.25, -0.2) is 8.60 Å². The molecule has 202 valence electrons. The summed E-state index contributed by atoms with van der Waals surface area (Å²) in [6.45, 7) is 5.41. The van der Waals surface area contributed by atoms with Crippen LogP contribution in [0.15, 0.2) is 53.4 Å². The molecule has 0 radical (unpaired) electrons. The number of phenolic OH excluding ortho intramolecular Hbond substituents is 1. The van der Waals surface area contributed by atoms with Crippen LogP contribution in [0.4, 0.5) is 10.1 Å². The average molecular weight is 583 g/mol. The van der Waals surface area contributed by atoms with Crippen molar-refractivity contribution in [2.75, 3.05) is 4.72 Å². The van der Waals surface area contributed by atoms with Gasteiger partial charge < -0.3 is 25.0 Å². The number of halogens is 3. The number of hydrogen-bond donors (Lipinski definition) is 4. The number of phenols is 1. The summed E-state index contributed by atoms with van der Waals surface area (Å²) >= 11 is 12.2. The molecule has 4 N–H and O–H groups in total. The van der Waals surface area contributed by atoms with Crippen LogP contribution in [-0.2, 0) is 20.9 Å². The number of carbonyl (C=O) groups is 2. The quantitative estimate of drug-likeness (QED) is 0.245. The van der Waals surface area contributed by atoms with E-state index in [0.29, 0.717) is 5.02 Å². The molecule has 3 rings (SSSR count). The number of benzene rings is 3. The molecule has 0 aromatic heterocycles. The van der Waals surface area contributed by atoms with Gasteiger partial charge in [-0.1, -0.05) is 23.2 Å². The molecular weight excluding hydrogens is 558 g/mol. The zero-order chi connectivity index (χ0) is 28.4. The van der Waals surface area contributed by atoms with Crippen LogP contribution in [0.3, 0.4) is 0 Å². The fourth-order valence-electron chi connectivity index (χ4n) is 3.31. The molecule has 0 saturated carbocycles. The van der Waals surface area contributed by atoms with E-state index in [4.69, 9.17) is 33.0 Å². The van der Waals surface area contributed by atoms with Crippen molar-refractivity contribution in [1.29, 1.82) is 0 Å². The van der Waals surface area contributed by atoms with Gasteiger partial charge in [0.05, 0.1) is 31.7 Å². The first-order valence-electron chi connectivity index (χ1n) is 11.0. The van der Waals surface area contributed by atoms with E-state index in [1.807, 2.05) is 0 Å². The summed E-state index contributed by atoms with van der Waals surface area (Å²) in [5.41, 5.74) is -0.586. The van der Waals surface area contributed by atoms with Crippen molar-refractivity contribution in [2.45, 2.75) is 37.6 Å². The molecule has 38 heavy (non-hydrogen) atoms. The van der Waals surface area contributed by atoms with Gasteiger partial charge in [0, 0.05) is 27.8 Å². The summed E-state index contributed by atoms with van der Waals surface area (Å²) in [6.07, 6.45) is -0.643. The van der Waals surface area contributed by atoms with Crippen LogP contribution in [0, 0.1) is 5.82 Å². The molecule has 0 aliphatic rings. The second-order valence-corrected chi connectivity index (χ2v) is 12.2. The molecular formula is C26H25Cl2FN2O6S. The summed E-state index contributed by atoms with van der Waals surface area (Å²) < 4.78 is 36.5. The Hall–Kier alpha value is -3.47. The number of ether oxygens (including phenoxy) is 1. The molecule has 1 atom stereocenters. The first-order chi connectivity index (χ1) is 17.6. The van der Waals surface area contributed by atoms with Crippen LogP contribution in [0.25, 0.3) is 0 Å². The Morgan fingerprint density at radius 3 is 2.37 bits per heavy atom. The molecule has 0 fully saturated rings. The van der Waals surface area contributed by atoms with Crippen molar-refractivity contribution in [3.05, 3.63) is 75.5 Å². The maximum absolute atomic E-state index is 14.5. The van der Waals surface area contributed by atoms with E-state index >= 15 is 0 Å². The summed E-state index contributed by atoms with van der Waals surface area (Å²) in [5, 5.41) is 22.5. The molecule has 0 spiro atoms. The summed E-state index contributed by atoms with van der Waals surface area (Å²) in [4.78, 5) is 23.9. The third-order valence-corrected chi connectivity index (χ3v) is 7.22. The lowest BCUT2D eigenvalue weighted by Gasteiger charge is -2.22. The van der Waals surface area contributed by atoms with Gasteiger partial charge in [-0.3, -0.25) is 9.59 Å². The molecule has 8 nitrogen and oxygen atoms in total. The molecule has 0 aliphatic heterocycles. The van der Waals surface area contributed by atoms with Crippen molar-refractivity contribution in [3.63, 3.8) is 0 Å². The summed E-state index contributed by atoms with van der Waals surface area (Å²) in [5.74, 6) is 0.213. The molecule has 3 aromatic rings. The second kappa shape index (κ2) is 11.1. The Morgan fingerprint density at radius 2 is 1.76 bits per heavy atom. The Balaban J connectivity index is 2.07. The van der Waals surface area contributed by atoms with E-state index in [1.54, 1.807) is 20.8 Å². The predicted molar refractivity (Wildman–Crippen MR) is 147 cm³/mol. The predicted octanol–water partition coefficient (Wildman–Crippen LogP) is 5.89. The van der Waals surface area contributed by atoms with E-state index < -0.39 is 45.1 Å². The molecule has 1 unspecified atom stereocenters. The second-order valence-electron chi connectivity index (χ2n) is 9.35. The number of hydrogen-bond acceptors (Lipinski definition) is 5. The van der Waals surface area contributed by atoms with E-state index in [-0.39, 0.29) is 38.2 Å². The molecule has 12 heteroatoms. The fourth-order valence-corrected chi connectivity index (χ4v) is 5.38. The molecule has 1 amide bonds. The number of aliphatic carboxylic acids is 1. The van der Waals surface area contributed by atoms with Gasteiger partial charge >= 0.3 is 5.97 Å². The van der Waals surface area contributed by atoms with Crippen LogP contribution in [0.2, 0.25) is 10.0 Å². The number of nitrogens with one attached hydrogen (secondary N) is 2. The van der Waals surface area contributed by atoms with Crippen LogP contribution in [-0.4, -0.2) is 37.7 Å². The van der Waals surface area contributed by atoms with E-state index in [0.717, 1.165) is 12.1 Å². The minimum Gasteiger partial charge on any atom is -0.504 e. The van der Waals surface area contributed by atoms with E-state index in [2.05, 4.69) is 15.9 Å². The standard InChI is InChI=1S/C26H25Cl2FN2O6S/c1-26(2,3)30-25(35)14-5-7-21(37-22-13-18(29)15(10-20(22)32)11-24(33)34)19(9-14)31-38(4,36)23-8-6-16(27)12-17(23)28/h5-10,12-13,32H,4,11H2,1-3H3,(H,30,35)(H,31,36)(H,33,34). The van der Waals surface area contributed by atoms with Crippen LogP contribution in [0.1, 0.15) is 36.7 Å². The van der Waals surface area contributed by atoms with Gasteiger partial charge in [0.15, 0.2) is 17.2 Å². The van der Waals surface area contributed by atoms with Crippen molar-refractivity contribution in [2.24, 2.45) is 0 Å². The van der Waals surface area contributed by atoms with Gasteiger partial charge in [0.25, 0.3) is 5.91 Å². The van der Waals surface area contributed by atoms with Crippen molar-refractivity contribution < 1.29 is 33.1 Å². The summed E-state index contributed by atoms with van der Waals surface area (Å²) in [7, 11) is -3.35. The molecule has 3 aromatic carbocycles. The number of carboxylic acids is 1. The Kier molecular flexibility index (Phi) is 8.50. The van der Waals surface area contributed by atoms with Gasteiger partial charge in [-0.05, 0) is 69.1 Å². The number of carboxylic acid groups (broad SMARTS) is 1. The number of aromatic hydroxyl groups is 1. The van der Waals surface area contributed by atoms with Gasteiger partial charge in [0.2, 0.25) is 0 Å². The number of carbonyl (C=O) groups excluding carboxylic acids is 1. The Labute approximate surface area is 229 Å². The van der Waals surface area contributed by atoms with E-state index in [1.165, 1.54) is 36.4 Å². The first kappa shape index (κ1) is 29.1. The van der Waals surface area contributed by atoms with Gasteiger partial charge in [-0.15, -0.1) is 0 Å². The lowest BCUT2D eigenvalue weighted by molar-refractivity contribution is -0.136. The first-order valence-corrected chi connectivity index (χ1v) is 13.5. The zero-order valence-corrected chi connectivity index (χ0v) is 22.9. The molecule has 0 aliphatic carbocycles. The lowest BCUT2D eigenvalue weighted by Crippen LogP contribution is -2.40. The third kappa shape index (κ3) is 7.31. The van der Waals surface area contributed by atoms with E-state index in [9.17, 15) is 23.3 Å². The van der Waals surface area contributed by atoms with Crippen molar-refractivity contribution in [1.82, 2.24) is 5.32 Å². The van der Waals surface area contributed by atoms with Gasteiger partial charge in [0.1, 0.15) is 5.82 Å². The van der Waals surface area contributed by atoms with Crippen LogP contribution >= 0.6 is 23.2 Å². The molecule has 0 heterocycles. The smallest absolute Gasteiger partial charge is 0.307 e. The lowest BCUT2D eigenvalue weighted by atomic mass is 10.1. The zero-order valence-electron chi connectivity index (χ0n) is 20.6. The highest BCUT2D eigenvalue weighted by Crippen LogP contribution is 2.38. The SMILES string of the molecule is C=S(=O)(Nc1cc(C(=O)NC(C)(C)C)ccc1Oc1cc(F)c(CC(=O)O)cc1O)c1ccc(Cl)cc1Cl. The highest BCUT2D eigenvalue weighted by Gasteiger charge is 2.21. The normalized spacial score (nSPS) is 12.9. The number of rotatable bonds is 8. The molecule has 0 bridgehead atoms. The van der Waals surface area contributed by atoms with Crippen molar-refractivity contribution in [3.8, 4) is 17.2 Å². The van der Waals surface area contributed by atoms with Crippen molar-refractivity contribution >= 4 is 56.3 Å². The highest BCUT2D eigenvalue weighted by atomic mass is 35.5. The Bertz CT molecular complexity index is 1520. The largest absolute Gasteiger partial charge is 0.504 e. The Morgan fingerprint density at radius 1 is 1.08 bits per heavy atom. The fraction of sp³-hybridized carbons (Fsp3) is 0.192. The maximum Gasteiger partial charge on any atom is 0.307 e. The molecule has 0 saturated heterocycles. The topological polar surface area (TPSA) is 125 Å². The van der Waals surface area contributed by atoms with Crippen LogP contribution in [0.5, 0.6) is 17.2 Å². The van der Waals surface area contributed by atoms with Crippen LogP contribution < -0.4 is 14.8 Å². The van der Waals surface area contributed by atoms with Gasteiger partial charge in [-0.2, -0.15) is 0 Å².